The quantitative estimate of drug-likeness (QED) is 0.895. The van der Waals surface area contributed by atoms with Gasteiger partial charge >= 0.3 is 0 Å². The van der Waals surface area contributed by atoms with Crippen molar-refractivity contribution in [2.75, 3.05) is 13.7 Å². The summed E-state index contributed by atoms with van der Waals surface area (Å²) in [6.45, 7) is 6.19. The molecule has 1 fully saturated rings. The fraction of sp³-hybridized carbons (Fsp3) is 0.444. The van der Waals surface area contributed by atoms with Crippen LogP contribution in [0.15, 0.2) is 29.1 Å². The molecule has 1 saturated heterocycles. The Bertz CT molecular complexity index is 813. The summed E-state index contributed by atoms with van der Waals surface area (Å²) in [6, 6.07) is 1.48. The Morgan fingerprint density at radius 3 is 2.62 bits per heavy atom. The second-order valence-corrected chi connectivity index (χ2v) is 6.86. The van der Waals surface area contributed by atoms with Crippen molar-refractivity contribution in [3.63, 3.8) is 0 Å². The SMILES string of the molecule is COc1cnc(C(=O)N2CCC(NC(=O)c3cc(C)co3)C2(C)C)nc1. The van der Waals surface area contributed by atoms with Gasteiger partial charge in [-0.25, -0.2) is 9.97 Å². The maximum Gasteiger partial charge on any atom is 0.292 e. The van der Waals surface area contributed by atoms with Crippen LogP contribution in [0.5, 0.6) is 5.75 Å². The first-order valence-corrected chi connectivity index (χ1v) is 8.37. The smallest absolute Gasteiger partial charge is 0.292 e. The molecule has 1 aliphatic heterocycles. The topological polar surface area (TPSA) is 97.6 Å². The van der Waals surface area contributed by atoms with Gasteiger partial charge in [0.2, 0.25) is 5.82 Å². The number of furan rings is 1. The minimum Gasteiger partial charge on any atom is -0.494 e. The molecule has 0 radical (unpaired) electrons. The van der Waals surface area contributed by atoms with Gasteiger partial charge in [0, 0.05) is 6.54 Å². The van der Waals surface area contributed by atoms with E-state index in [1.54, 1.807) is 11.0 Å². The fourth-order valence-electron chi connectivity index (χ4n) is 3.13. The van der Waals surface area contributed by atoms with Crippen LogP contribution >= 0.6 is 0 Å². The molecule has 2 aromatic rings. The van der Waals surface area contributed by atoms with Crippen LogP contribution < -0.4 is 10.1 Å². The lowest BCUT2D eigenvalue weighted by Crippen LogP contribution is -2.54. The molecule has 0 aromatic carbocycles. The van der Waals surface area contributed by atoms with E-state index in [2.05, 4.69) is 15.3 Å². The Labute approximate surface area is 151 Å². The molecular weight excluding hydrogens is 336 g/mol. The van der Waals surface area contributed by atoms with E-state index in [-0.39, 0.29) is 29.4 Å². The van der Waals surface area contributed by atoms with E-state index in [4.69, 9.17) is 9.15 Å². The second-order valence-electron chi connectivity index (χ2n) is 6.86. The molecule has 8 heteroatoms. The van der Waals surface area contributed by atoms with E-state index in [0.717, 1.165) is 5.56 Å². The molecule has 0 saturated carbocycles. The van der Waals surface area contributed by atoms with Gasteiger partial charge in [-0.15, -0.1) is 0 Å². The van der Waals surface area contributed by atoms with Crippen LogP contribution in [0.25, 0.3) is 0 Å². The number of nitrogens with one attached hydrogen (secondary N) is 1. The maximum absolute atomic E-state index is 12.8. The summed E-state index contributed by atoms with van der Waals surface area (Å²) in [5.41, 5.74) is 0.298. The average molecular weight is 358 g/mol. The zero-order valence-corrected chi connectivity index (χ0v) is 15.3. The highest BCUT2D eigenvalue weighted by Crippen LogP contribution is 2.30. The number of nitrogens with zero attached hydrogens (tertiary/aromatic N) is 3. The molecular formula is C18H22N4O4. The van der Waals surface area contributed by atoms with Crippen molar-refractivity contribution >= 4 is 11.8 Å². The number of hydrogen-bond donors (Lipinski definition) is 1. The van der Waals surface area contributed by atoms with Gasteiger partial charge in [-0.05, 0) is 38.8 Å². The third-order valence-corrected chi connectivity index (χ3v) is 4.75. The van der Waals surface area contributed by atoms with Gasteiger partial charge in [0.25, 0.3) is 11.8 Å². The Morgan fingerprint density at radius 2 is 2.04 bits per heavy atom. The summed E-state index contributed by atoms with van der Waals surface area (Å²) in [7, 11) is 1.51. The Kier molecular flexibility index (Phi) is 4.67. The molecule has 3 rings (SSSR count). The molecule has 0 aliphatic carbocycles. The van der Waals surface area contributed by atoms with E-state index in [0.29, 0.717) is 18.7 Å². The van der Waals surface area contributed by atoms with Crippen molar-refractivity contribution < 1.29 is 18.7 Å². The molecule has 0 spiro atoms. The van der Waals surface area contributed by atoms with Crippen molar-refractivity contribution in [2.24, 2.45) is 0 Å². The number of carbonyl (C=O) groups is 2. The Morgan fingerprint density at radius 1 is 1.35 bits per heavy atom. The molecule has 0 bridgehead atoms. The number of ether oxygens (including phenoxy) is 1. The zero-order valence-electron chi connectivity index (χ0n) is 15.3. The second kappa shape index (κ2) is 6.78. The lowest BCUT2D eigenvalue weighted by atomic mass is 9.95. The Hall–Kier alpha value is -2.90. The molecule has 138 valence electrons. The number of aromatic nitrogens is 2. The number of hydrogen-bond acceptors (Lipinski definition) is 6. The molecule has 26 heavy (non-hydrogen) atoms. The summed E-state index contributed by atoms with van der Waals surface area (Å²) >= 11 is 0. The van der Waals surface area contributed by atoms with E-state index in [1.807, 2.05) is 20.8 Å². The minimum atomic E-state index is -0.586. The predicted molar refractivity (Wildman–Crippen MR) is 93.0 cm³/mol. The third kappa shape index (κ3) is 3.26. The van der Waals surface area contributed by atoms with Gasteiger partial charge in [-0.2, -0.15) is 0 Å². The number of rotatable bonds is 4. The monoisotopic (exact) mass is 358 g/mol. The largest absolute Gasteiger partial charge is 0.494 e. The molecule has 1 aliphatic rings. The molecule has 8 nitrogen and oxygen atoms in total. The third-order valence-electron chi connectivity index (χ3n) is 4.75. The average Bonchev–Trinajstić information content (AvgIpc) is 3.18. The van der Waals surface area contributed by atoms with E-state index in [1.165, 1.54) is 25.8 Å². The van der Waals surface area contributed by atoms with E-state index < -0.39 is 5.54 Å². The van der Waals surface area contributed by atoms with Crippen molar-refractivity contribution in [3.05, 3.63) is 41.9 Å². The molecule has 3 heterocycles. The number of carbonyl (C=O) groups excluding carboxylic acids is 2. The van der Waals surface area contributed by atoms with Crippen LogP contribution in [0.3, 0.4) is 0 Å². The van der Waals surface area contributed by atoms with Crippen LogP contribution in [0.4, 0.5) is 0 Å². The van der Waals surface area contributed by atoms with Crippen LogP contribution in [0, 0.1) is 6.92 Å². The number of likely N-dealkylation sites (tertiary alicyclic amines) is 1. The van der Waals surface area contributed by atoms with Crippen LogP contribution in [-0.2, 0) is 0 Å². The standard InChI is InChI=1S/C18H22N4O4/c1-11-7-13(26-10-11)16(23)21-14-5-6-22(18(14,2)3)17(24)15-19-8-12(25-4)9-20-15/h7-10,14H,5-6H2,1-4H3,(H,21,23). The van der Waals surface area contributed by atoms with Gasteiger partial charge in [0.1, 0.15) is 0 Å². The Balaban J connectivity index is 1.72. The molecule has 2 amide bonds. The van der Waals surface area contributed by atoms with Crippen molar-refractivity contribution in [2.45, 2.75) is 38.8 Å². The van der Waals surface area contributed by atoms with Gasteiger partial charge < -0.3 is 19.4 Å². The van der Waals surface area contributed by atoms with Gasteiger partial charge in [0.05, 0.1) is 37.3 Å². The number of methoxy groups -OCH3 is 1. The van der Waals surface area contributed by atoms with Gasteiger partial charge in [0.15, 0.2) is 11.5 Å². The summed E-state index contributed by atoms with van der Waals surface area (Å²) in [4.78, 5) is 35.0. The van der Waals surface area contributed by atoms with Crippen LogP contribution in [0.2, 0.25) is 0 Å². The van der Waals surface area contributed by atoms with Crippen molar-refractivity contribution in [1.82, 2.24) is 20.2 Å². The first-order chi connectivity index (χ1) is 12.3. The summed E-state index contributed by atoms with van der Waals surface area (Å²) in [5, 5.41) is 2.97. The first-order valence-electron chi connectivity index (χ1n) is 8.37. The molecule has 1 unspecified atom stereocenters. The first kappa shape index (κ1) is 17.9. The maximum atomic E-state index is 12.8. The van der Waals surface area contributed by atoms with Crippen molar-refractivity contribution in [1.29, 1.82) is 0 Å². The van der Waals surface area contributed by atoms with E-state index in [9.17, 15) is 9.59 Å². The highest BCUT2D eigenvalue weighted by Gasteiger charge is 2.45. The lowest BCUT2D eigenvalue weighted by molar-refractivity contribution is 0.0595. The highest BCUT2D eigenvalue weighted by atomic mass is 16.5. The van der Waals surface area contributed by atoms with E-state index >= 15 is 0 Å². The van der Waals surface area contributed by atoms with Crippen LogP contribution in [-0.4, -0.2) is 51.9 Å². The summed E-state index contributed by atoms with van der Waals surface area (Å²) < 4.78 is 10.3. The zero-order chi connectivity index (χ0) is 18.9. The molecule has 2 aromatic heterocycles. The molecule has 1 atom stereocenters. The summed E-state index contributed by atoms with van der Waals surface area (Å²) in [6.07, 6.45) is 5.09. The summed E-state index contributed by atoms with van der Waals surface area (Å²) in [5.74, 6) is 0.296. The van der Waals surface area contributed by atoms with Crippen molar-refractivity contribution in [3.8, 4) is 5.75 Å². The minimum absolute atomic E-state index is 0.104. The lowest BCUT2D eigenvalue weighted by Gasteiger charge is -2.35. The van der Waals surface area contributed by atoms with Gasteiger partial charge in [-0.1, -0.05) is 0 Å². The van der Waals surface area contributed by atoms with Gasteiger partial charge in [-0.3, -0.25) is 9.59 Å². The normalized spacial score (nSPS) is 18.6. The highest BCUT2D eigenvalue weighted by molar-refractivity contribution is 5.93. The number of aryl methyl sites for hydroxylation is 1. The fourth-order valence-corrected chi connectivity index (χ4v) is 3.13. The molecule has 1 N–H and O–H groups in total. The predicted octanol–water partition coefficient (Wildman–Crippen LogP) is 1.81. The number of amides is 2. The van der Waals surface area contributed by atoms with Crippen LogP contribution in [0.1, 0.15) is 47.0 Å².